The van der Waals surface area contributed by atoms with Crippen LogP contribution >= 0.6 is 11.8 Å². The molecule has 0 unspecified atom stereocenters. The number of carbonyl (C=O) groups is 1. The Morgan fingerprint density at radius 3 is 2.60 bits per heavy atom. The van der Waals surface area contributed by atoms with E-state index in [2.05, 4.69) is 10.2 Å². The van der Waals surface area contributed by atoms with Crippen LogP contribution in [0, 0.1) is 0 Å². The summed E-state index contributed by atoms with van der Waals surface area (Å²) < 4.78 is 33.5. The predicted molar refractivity (Wildman–Crippen MR) is 114 cm³/mol. The molecule has 0 saturated carbocycles. The highest BCUT2D eigenvalue weighted by atomic mass is 32.2. The first-order chi connectivity index (χ1) is 14.4. The van der Waals surface area contributed by atoms with Gasteiger partial charge in [0.25, 0.3) is 0 Å². The summed E-state index contributed by atoms with van der Waals surface area (Å²) in [6.07, 6.45) is 0. The summed E-state index contributed by atoms with van der Waals surface area (Å²) >= 11 is 1.19. The van der Waals surface area contributed by atoms with Gasteiger partial charge in [-0.3, -0.25) is 4.79 Å². The largest absolute Gasteiger partial charge is 0.378 e. The molecule has 0 radical (unpaired) electrons. The van der Waals surface area contributed by atoms with Crippen molar-refractivity contribution in [2.75, 3.05) is 51.0 Å². The van der Waals surface area contributed by atoms with E-state index in [4.69, 9.17) is 10.6 Å². The van der Waals surface area contributed by atoms with E-state index in [1.807, 2.05) is 0 Å². The van der Waals surface area contributed by atoms with Gasteiger partial charge in [0, 0.05) is 31.7 Å². The van der Waals surface area contributed by atoms with Gasteiger partial charge in [-0.05, 0) is 12.1 Å². The van der Waals surface area contributed by atoms with Crippen LogP contribution in [-0.4, -0.2) is 83.5 Å². The van der Waals surface area contributed by atoms with Gasteiger partial charge in [0.15, 0.2) is 5.82 Å². The van der Waals surface area contributed by atoms with Crippen LogP contribution in [0.5, 0.6) is 0 Å². The Bertz CT molecular complexity index is 984. The highest BCUT2D eigenvalue weighted by molar-refractivity contribution is 7.99. The number of sulfonamides is 1. The minimum atomic E-state index is -3.60. The van der Waals surface area contributed by atoms with Gasteiger partial charge in [-0.15, -0.1) is 10.2 Å². The number of hydrogen-bond acceptors (Lipinski definition) is 8. The van der Waals surface area contributed by atoms with Gasteiger partial charge in [0.2, 0.25) is 21.1 Å². The maximum absolute atomic E-state index is 12.8. The Morgan fingerprint density at radius 1 is 1.23 bits per heavy atom. The molecule has 10 nitrogen and oxygen atoms in total. The number of aromatic nitrogens is 3. The topological polar surface area (TPSA) is 124 Å². The number of benzene rings is 1. The monoisotopic (exact) mass is 454 g/mol. The zero-order valence-corrected chi connectivity index (χ0v) is 18.7. The summed E-state index contributed by atoms with van der Waals surface area (Å²) in [5.74, 6) is 6.64. The van der Waals surface area contributed by atoms with Crippen LogP contribution in [-0.2, 0) is 19.6 Å². The summed E-state index contributed by atoms with van der Waals surface area (Å²) in [6, 6.07) is 6.45. The average Bonchev–Trinajstić information content (AvgIpc) is 3.13. The molecule has 164 valence electrons. The number of nitrogens with two attached hydrogens (primary N) is 1. The molecule has 1 aliphatic heterocycles. The normalized spacial score (nSPS) is 15.0. The van der Waals surface area contributed by atoms with Crippen molar-refractivity contribution >= 4 is 27.7 Å². The minimum absolute atomic E-state index is 0.0137. The van der Waals surface area contributed by atoms with Crippen LogP contribution in [0.3, 0.4) is 0 Å². The molecule has 2 N–H and O–H groups in total. The first-order valence-corrected chi connectivity index (χ1v) is 12.1. The van der Waals surface area contributed by atoms with Gasteiger partial charge in [0.05, 0.1) is 23.9 Å². The molecule has 3 rings (SSSR count). The van der Waals surface area contributed by atoms with E-state index >= 15 is 0 Å². The fraction of sp³-hybridized carbons (Fsp3) is 0.500. The van der Waals surface area contributed by atoms with Gasteiger partial charge in [-0.1, -0.05) is 37.7 Å². The lowest BCUT2D eigenvalue weighted by atomic mass is 10.2. The van der Waals surface area contributed by atoms with E-state index in [0.717, 1.165) is 0 Å². The third kappa shape index (κ3) is 4.77. The number of thioether (sulfide) groups is 1. The Kier molecular flexibility index (Phi) is 7.34. The molecule has 1 saturated heterocycles. The Balaban J connectivity index is 1.76. The third-order valence-corrected chi connectivity index (χ3v) is 7.76. The quantitative estimate of drug-likeness (QED) is 0.455. The highest BCUT2D eigenvalue weighted by Gasteiger charge is 2.23. The number of morpholine rings is 1. The van der Waals surface area contributed by atoms with Crippen LogP contribution in [0.2, 0.25) is 0 Å². The molecule has 1 aromatic heterocycles. The van der Waals surface area contributed by atoms with Crippen molar-refractivity contribution in [3.63, 3.8) is 0 Å². The predicted octanol–water partition coefficient (Wildman–Crippen LogP) is 0.640. The molecule has 30 heavy (non-hydrogen) atoms. The molecule has 1 aliphatic rings. The van der Waals surface area contributed by atoms with Crippen molar-refractivity contribution < 1.29 is 17.9 Å². The summed E-state index contributed by atoms with van der Waals surface area (Å²) in [4.78, 5) is 14.2. The Morgan fingerprint density at radius 2 is 1.93 bits per heavy atom. The molecular weight excluding hydrogens is 428 g/mol. The molecule has 0 spiro atoms. The zero-order valence-electron chi connectivity index (χ0n) is 17.0. The molecule has 0 bridgehead atoms. The summed E-state index contributed by atoms with van der Waals surface area (Å²) in [5.41, 5.74) is 0.532. The van der Waals surface area contributed by atoms with Crippen LogP contribution in [0.4, 0.5) is 0 Å². The molecule has 1 aromatic carbocycles. The molecule has 12 heteroatoms. The zero-order chi connectivity index (χ0) is 21.7. The molecule has 2 heterocycles. The van der Waals surface area contributed by atoms with Crippen molar-refractivity contribution in [1.82, 2.24) is 24.1 Å². The minimum Gasteiger partial charge on any atom is -0.378 e. The van der Waals surface area contributed by atoms with Crippen LogP contribution in [0.1, 0.15) is 13.8 Å². The number of amides is 1. The van der Waals surface area contributed by atoms with Crippen molar-refractivity contribution in [1.29, 1.82) is 0 Å². The summed E-state index contributed by atoms with van der Waals surface area (Å²) in [7, 11) is -3.60. The van der Waals surface area contributed by atoms with Gasteiger partial charge < -0.3 is 15.5 Å². The van der Waals surface area contributed by atoms with E-state index in [1.54, 1.807) is 36.9 Å². The molecule has 0 aliphatic carbocycles. The lowest BCUT2D eigenvalue weighted by Crippen LogP contribution is -2.41. The Hall–Kier alpha value is -2.15. The maximum Gasteiger partial charge on any atom is 0.243 e. The smallest absolute Gasteiger partial charge is 0.243 e. The fourth-order valence-electron chi connectivity index (χ4n) is 3.11. The van der Waals surface area contributed by atoms with E-state index < -0.39 is 10.0 Å². The summed E-state index contributed by atoms with van der Waals surface area (Å²) in [5, 5.41) is 8.54. The van der Waals surface area contributed by atoms with Crippen molar-refractivity contribution in [2.24, 2.45) is 0 Å². The first kappa shape index (κ1) is 22.5. The molecule has 1 amide bonds. The molecular formula is C18H26N6O4S2. The van der Waals surface area contributed by atoms with E-state index in [1.165, 1.54) is 26.8 Å². The number of rotatable bonds is 8. The second kappa shape index (κ2) is 9.77. The van der Waals surface area contributed by atoms with Gasteiger partial charge >= 0.3 is 0 Å². The summed E-state index contributed by atoms with van der Waals surface area (Å²) in [6.45, 7) is 6.59. The standard InChI is InChI=1S/C18H26N6O4S2/c1-3-23(4-2)30(26,27)15-7-5-6-14(12-15)17-20-21-18(24(17)19)29-13-16(25)22-8-10-28-11-9-22/h5-7,12H,3-4,8-11,13,19H2,1-2H3. The SMILES string of the molecule is CCN(CC)S(=O)(=O)c1cccc(-c2nnc(SCC(=O)N3CCOCC3)n2N)c1. The fourth-order valence-corrected chi connectivity index (χ4v) is 5.37. The van der Waals surface area contributed by atoms with Gasteiger partial charge in [-0.25, -0.2) is 13.1 Å². The van der Waals surface area contributed by atoms with Crippen LogP contribution in [0.15, 0.2) is 34.3 Å². The molecule has 0 atom stereocenters. The lowest BCUT2D eigenvalue weighted by molar-refractivity contribution is -0.132. The first-order valence-electron chi connectivity index (χ1n) is 9.67. The van der Waals surface area contributed by atoms with Gasteiger partial charge in [-0.2, -0.15) is 4.31 Å². The van der Waals surface area contributed by atoms with E-state index in [9.17, 15) is 13.2 Å². The van der Waals surface area contributed by atoms with E-state index in [-0.39, 0.29) is 16.6 Å². The number of hydrogen-bond donors (Lipinski definition) is 1. The average molecular weight is 455 g/mol. The van der Waals surface area contributed by atoms with Crippen molar-refractivity contribution in [3.05, 3.63) is 24.3 Å². The second-order valence-electron chi connectivity index (χ2n) is 6.58. The second-order valence-corrected chi connectivity index (χ2v) is 9.46. The van der Waals surface area contributed by atoms with Crippen molar-refractivity contribution in [2.45, 2.75) is 23.9 Å². The number of nitrogen functional groups attached to an aromatic ring is 1. The maximum atomic E-state index is 12.8. The van der Waals surface area contributed by atoms with Crippen LogP contribution in [0.25, 0.3) is 11.4 Å². The number of nitrogens with zero attached hydrogens (tertiary/aromatic N) is 5. The third-order valence-electron chi connectivity index (χ3n) is 4.79. The molecule has 1 fully saturated rings. The van der Waals surface area contributed by atoms with Gasteiger partial charge in [0.1, 0.15) is 0 Å². The van der Waals surface area contributed by atoms with Crippen LogP contribution < -0.4 is 5.84 Å². The number of ether oxygens (including phenoxy) is 1. The Labute approximate surface area is 180 Å². The highest BCUT2D eigenvalue weighted by Crippen LogP contribution is 2.25. The number of carbonyl (C=O) groups excluding carboxylic acids is 1. The lowest BCUT2D eigenvalue weighted by Gasteiger charge is -2.26. The van der Waals surface area contributed by atoms with E-state index in [0.29, 0.717) is 55.9 Å². The van der Waals surface area contributed by atoms with Crippen molar-refractivity contribution in [3.8, 4) is 11.4 Å². The molecule has 2 aromatic rings.